The molecule has 2 saturated heterocycles. The molecule has 2 aliphatic heterocycles. The van der Waals surface area contributed by atoms with Gasteiger partial charge in [-0.05, 0) is 38.8 Å². The summed E-state index contributed by atoms with van der Waals surface area (Å²) in [6, 6.07) is 0.520. The fourth-order valence-corrected chi connectivity index (χ4v) is 3.93. The first-order valence-corrected chi connectivity index (χ1v) is 7.97. The topological polar surface area (TPSA) is 32.8 Å². The number of carbonyl (C=O) groups excluding carboxylic acids is 1. The second kappa shape index (κ2) is 6.23. The first kappa shape index (κ1) is 13.4. The summed E-state index contributed by atoms with van der Waals surface area (Å²) in [7, 11) is 0. The lowest BCUT2D eigenvalue weighted by molar-refractivity contribution is -0.143. The van der Waals surface area contributed by atoms with Crippen LogP contribution < -0.4 is 0 Å². The van der Waals surface area contributed by atoms with Gasteiger partial charge in [0.05, 0.1) is 19.1 Å². The number of hydrogen-bond acceptors (Lipinski definition) is 3. The average Bonchev–Trinajstić information content (AvgIpc) is 3.01. The normalized spacial score (nSPS) is 33.6. The maximum atomic E-state index is 12.8. The number of morpholine rings is 1. The molecule has 3 rings (SSSR count). The van der Waals surface area contributed by atoms with Crippen molar-refractivity contribution in [3.8, 4) is 0 Å². The Balaban J connectivity index is 1.66. The van der Waals surface area contributed by atoms with E-state index in [4.69, 9.17) is 4.74 Å². The van der Waals surface area contributed by atoms with Gasteiger partial charge in [-0.2, -0.15) is 0 Å². The van der Waals surface area contributed by atoms with E-state index in [1.54, 1.807) is 0 Å². The number of carbonyl (C=O) groups is 1. The summed E-state index contributed by atoms with van der Waals surface area (Å²) in [4.78, 5) is 17.4. The van der Waals surface area contributed by atoms with Gasteiger partial charge in [0.25, 0.3) is 0 Å². The van der Waals surface area contributed by atoms with Crippen LogP contribution in [0, 0.1) is 5.92 Å². The predicted octanol–water partition coefficient (Wildman–Crippen LogP) is 1.50. The van der Waals surface area contributed by atoms with Crippen LogP contribution in [-0.2, 0) is 9.53 Å². The van der Waals surface area contributed by atoms with Gasteiger partial charge in [-0.25, -0.2) is 0 Å². The van der Waals surface area contributed by atoms with Gasteiger partial charge < -0.3 is 9.64 Å². The zero-order chi connectivity index (χ0) is 13.1. The lowest BCUT2D eigenvalue weighted by atomic mass is 9.82. The van der Waals surface area contributed by atoms with Crippen molar-refractivity contribution in [2.24, 2.45) is 5.92 Å². The Labute approximate surface area is 116 Å². The van der Waals surface area contributed by atoms with Gasteiger partial charge in [0, 0.05) is 19.1 Å². The third-order valence-corrected chi connectivity index (χ3v) is 4.98. The number of nitrogens with zero attached hydrogens (tertiary/aromatic N) is 2. The molecule has 0 N–H and O–H groups in total. The van der Waals surface area contributed by atoms with Crippen LogP contribution in [-0.4, -0.2) is 61.1 Å². The highest BCUT2D eigenvalue weighted by Crippen LogP contribution is 2.32. The molecular weight excluding hydrogens is 240 g/mol. The quantitative estimate of drug-likeness (QED) is 0.759. The molecule has 2 atom stereocenters. The van der Waals surface area contributed by atoms with Crippen LogP contribution in [0.3, 0.4) is 0 Å². The molecule has 4 heteroatoms. The highest BCUT2D eigenvalue weighted by atomic mass is 16.5. The molecule has 0 spiro atoms. The molecule has 19 heavy (non-hydrogen) atoms. The summed E-state index contributed by atoms with van der Waals surface area (Å²) in [5.74, 6) is 0.657. The van der Waals surface area contributed by atoms with E-state index in [0.29, 0.717) is 25.2 Å². The van der Waals surface area contributed by atoms with Crippen LogP contribution in [0.4, 0.5) is 0 Å². The summed E-state index contributed by atoms with van der Waals surface area (Å²) in [5, 5.41) is 0. The molecular formula is C15H26N2O2. The van der Waals surface area contributed by atoms with Gasteiger partial charge in [-0.3, -0.25) is 9.69 Å². The minimum Gasteiger partial charge on any atom is -0.378 e. The van der Waals surface area contributed by atoms with E-state index in [2.05, 4.69) is 4.90 Å². The second-order valence-electron chi connectivity index (χ2n) is 6.14. The molecule has 0 aromatic rings. The first-order chi connectivity index (χ1) is 9.36. The maximum absolute atomic E-state index is 12.8. The molecule has 0 bridgehead atoms. The highest BCUT2D eigenvalue weighted by Gasteiger charge is 2.37. The summed E-state index contributed by atoms with van der Waals surface area (Å²) in [6.45, 7) is 5.43. The zero-order valence-electron chi connectivity index (χ0n) is 11.9. The van der Waals surface area contributed by atoms with Crippen molar-refractivity contribution in [2.45, 2.75) is 44.6 Å². The summed E-state index contributed by atoms with van der Waals surface area (Å²) in [5.41, 5.74) is 0. The minimum absolute atomic E-state index is 0.255. The predicted molar refractivity (Wildman–Crippen MR) is 74.0 cm³/mol. The van der Waals surface area contributed by atoms with Gasteiger partial charge in [0.2, 0.25) is 5.91 Å². The van der Waals surface area contributed by atoms with E-state index < -0.39 is 0 Å². The van der Waals surface area contributed by atoms with Crippen LogP contribution in [0.1, 0.15) is 38.5 Å². The molecule has 2 heterocycles. The Morgan fingerprint density at radius 2 is 1.58 bits per heavy atom. The van der Waals surface area contributed by atoms with Crippen LogP contribution in [0.5, 0.6) is 0 Å². The molecule has 0 radical (unpaired) electrons. The van der Waals surface area contributed by atoms with Crippen molar-refractivity contribution >= 4 is 5.91 Å². The van der Waals surface area contributed by atoms with Gasteiger partial charge in [0.1, 0.15) is 0 Å². The molecule has 1 saturated carbocycles. The fraction of sp³-hybridized carbons (Fsp3) is 0.933. The maximum Gasteiger partial charge on any atom is 0.227 e. The smallest absolute Gasteiger partial charge is 0.227 e. The third-order valence-electron chi connectivity index (χ3n) is 4.98. The van der Waals surface area contributed by atoms with Gasteiger partial charge in [0.15, 0.2) is 0 Å². The van der Waals surface area contributed by atoms with Gasteiger partial charge in [-0.15, -0.1) is 0 Å². The van der Waals surface area contributed by atoms with Crippen LogP contribution in [0.25, 0.3) is 0 Å². The van der Waals surface area contributed by atoms with E-state index >= 15 is 0 Å². The Bertz CT molecular complexity index is 309. The molecule has 4 nitrogen and oxygen atoms in total. The third kappa shape index (κ3) is 2.95. The highest BCUT2D eigenvalue weighted by molar-refractivity contribution is 5.79. The number of ether oxygens (including phenoxy) is 1. The number of likely N-dealkylation sites (tertiary alicyclic amines) is 1. The molecule has 0 unspecified atom stereocenters. The minimum atomic E-state index is 0.255. The number of rotatable bonds is 2. The van der Waals surface area contributed by atoms with Crippen molar-refractivity contribution in [3.63, 3.8) is 0 Å². The van der Waals surface area contributed by atoms with E-state index in [1.165, 1.54) is 45.2 Å². The molecule has 1 aliphatic carbocycles. The van der Waals surface area contributed by atoms with Crippen molar-refractivity contribution in [3.05, 3.63) is 0 Å². The Hall–Kier alpha value is -0.610. The van der Waals surface area contributed by atoms with Crippen LogP contribution in [0.15, 0.2) is 0 Å². The van der Waals surface area contributed by atoms with E-state index in [0.717, 1.165) is 19.5 Å². The van der Waals surface area contributed by atoms with Gasteiger partial charge >= 0.3 is 0 Å². The average molecular weight is 266 g/mol. The van der Waals surface area contributed by atoms with Crippen molar-refractivity contribution in [1.82, 2.24) is 9.80 Å². The summed E-state index contributed by atoms with van der Waals surface area (Å²) >= 11 is 0. The Kier molecular flexibility index (Phi) is 4.38. The monoisotopic (exact) mass is 266 g/mol. The molecule has 108 valence electrons. The molecule has 3 fully saturated rings. The molecule has 1 amide bonds. The van der Waals surface area contributed by atoms with Crippen molar-refractivity contribution in [2.75, 3.05) is 39.4 Å². The lowest BCUT2D eigenvalue weighted by Gasteiger charge is -2.40. The fourth-order valence-electron chi connectivity index (χ4n) is 3.93. The number of hydrogen-bond donors (Lipinski definition) is 0. The van der Waals surface area contributed by atoms with E-state index in [-0.39, 0.29) is 5.92 Å². The zero-order valence-corrected chi connectivity index (χ0v) is 11.9. The molecule has 0 aromatic carbocycles. The van der Waals surface area contributed by atoms with Gasteiger partial charge in [-0.1, -0.05) is 12.8 Å². The SMILES string of the molecule is O=C([C@@H]1CCCC[C@H]1N1CCCC1)N1CCOCC1. The van der Waals surface area contributed by atoms with E-state index in [9.17, 15) is 4.79 Å². The standard InChI is InChI=1S/C15H26N2O2/c18-15(17-9-11-19-12-10-17)13-5-1-2-6-14(13)16-7-3-4-8-16/h13-14H,1-12H2/t13-,14-/m1/s1. The largest absolute Gasteiger partial charge is 0.378 e. The second-order valence-corrected chi connectivity index (χ2v) is 6.14. The van der Waals surface area contributed by atoms with Crippen molar-refractivity contribution in [1.29, 1.82) is 0 Å². The summed E-state index contributed by atoms with van der Waals surface area (Å²) in [6.07, 6.45) is 7.47. The summed E-state index contributed by atoms with van der Waals surface area (Å²) < 4.78 is 5.36. The Morgan fingerprint density at radius 3 is 2.32 bits per heavy atom. The number of amides is 1. The molecule has 3 aliphatic rings. The lowest BCUT2D eigenvalue weighted by Crippen LogP contribution is -2.51. The first-order valence-electron chi connectivity index (χ1n) is 7.97. The van der Waals surface area contributed by atoms with Crippen molar-refractivity contribution < 1.29 is 9.53 Å². The van der Waals surface area contributed by atoms with E-state index in [1.807, 2.05) is 4.90 Å². The van der Waals surface area contributed by atoms with Crippen LogP contribution in [0.2, 0.25) is 0 Å². The molecule has 0 aromatic heterocycles. The van der Waals surface area contributed by atoms with Crippen LogP contribution >= 0.6 is 0 Å². The Morgan fingerprint density at radius 1 is 0.895 bits per heavy atom.